The van der Waals surface area contributed by atoms with E-state index in [0.717, 1.165) is 18.4 Å². The van der Waals surface area contributed by atoms with Gasteiger partial charge in [-0.25, -0.2) is 4.79 Å². The zero-order valence-electron chi connectivity index (χ0n) is 6.78. The zero-order valence-corrected chi connectivity index (χ0v) is 7.60. The number of hydrogen-bond acceptors (Lipinski definition) is 3. The highest BCUT2D eigenvalue weighted by atomic mass is 32.2. The van der Waals surface area contributed by atoms with Crippen LogP contribution in [0.1, 0.15) is 0 Å². The van der Waals surface area contributed by atoms with Crippen molar-refractivity contribution in [1.82, 2.24) is 4.90 Å². The molecule has 1 N–H and O–H groups in total. The lowest BCUT2D eigenvalue weighted by Gasteiger charge is -2.06. The third-order valence-corrected chi connectivity index (χ3v) is 1.71. The quantitative estimate of drug-likeness (QED) is 0.497. The number of nitrogens with zero attached hydrogens (tertiary/aromatic N) is 1. The molecule has 0 fully saturated rings. The van der Waals surface area contributed by atoms with Crippen LogP contribution in [0.5, 0.6) is 0 Å². The maximum Gasteiger partial charge on any atom is 0.328 e. The van der Waals surface area contributed by atoms with E-state index in [1.54, 1.807) is 5.41 Å². The van der Waals surface area contributed by atoms with Crippen molar-refractivity contribution in [1.29, 1.82) is 0 Å². The first-order valence-electron chi connectivity index (χ1n) is 3.28. The average molecular weight is 175 g/mol. The molecule has 0 amide bonds. The minimum absolute atomic E-state index is 0.887. The first kappa shape index (κ1) is 10.5. The molecule has 64 valence electrons. The van der Waals surface area contributed by atoms with Gasteiger partial charge >= 0.3 is 5.97 Å². The van der Waals surface area contributed by atoms with Crippen LogP contribution in [0.25, 0.3) is 0 Å². The Morgan fingerprint density at radius 1 is 1.64 bits per heavy atom. The van der Waals surface area contributed by atoms with Gasteiger partial charge in [-0.05, 0) is 19.5 Å². The maximum absolute atomic E-state index is 9.99. The molecule has 0 aliphatic heterocycles. The van der Waals surface area contributed by atoms with E-state index >= 15 is 0 Å². The molecule has 0 saturated heterocycles. The van der Waals surface area contributed by atoms with Crippen LogP contribution in [0.15, 0.2) is 11.5 Å². The SMILES string of the molecule is CN(C)CCSC=CC(=O)O. The molecule has 0 unspecified atom stereocenters. The van der Waals surface area contributed by atoms with Crippen LogP contribution in [0.2, 0.25) is 0 Å². The summed E-state index contributed by atoms with van der Waals surface area (Å²) in [5.74, 6) is 0.0407. The highest BCUT2D eigenvalue weighted by Crippen LogP contribution is 2.00. The van der Waals surface area contributed by atoms with Crippen LogP contribution in [0.4, 0.5) is 0 Å². The van der Waals surface area contributed by atoms with Crippen LogP contribution >= 0.6 is 11.8 Å². The number of carboxylic acids is 1. The van der Waals surface area contributed by atoms with Gasteiger partial charge in [0, 0.05) is 18.4 Å². The lowest BCUT2D eigenvalue weighted by atomic mass is 10.7. The summed E-state index contributed by atoms with van der Waals surface area (Å²) in [5, 5.41) is 9.81. The molecule has 0 atom stereocenters. The predicted octanol–water partition coefficient (Wildman–Crippen LogP) is 0.879. The predicted molar refractivity (Wildman–Crippen MR) is 47.8 cm³/mol. The number of aliphatic carboxylic acids is 1. The van der Waals surface area contributed by atoms with Gasteiger partial charge in [0.25, 0.3) is 0 Å². The summed E-state index contributed by atoms with van der Waals surface area (Å²) in [6, 6.07) is 0. The van der Waals surface area contributed by atoms with E-state index in [0.29, 0.717) is 0 Å². The van der Waals surface area contributed by atoms with E-state index in [4.69, 9.17) is 5.11 Å². The number of rotatable bonds is 5. The van der Waals surface area contributed by atoms with Crippen LogP contribution in [0.3, 0.4) is 0 Å². The van der Waals surface area contributed by atoms with Gasteiger partial charge < -0.3 is 10.0 Å². The molecule has 0 bridgehead atoms. The molecule has 0 radical (unpaired) electrons. The molecule has 0 aromatic heterocycles. The van der Waals surface area contributed by atoms with Crippen molar-refractivity contribution in [3.8, 4) is 0 Å². The van der Waals surface area contributed by atoms with E-state index in [-0.39, 0.29) is 0 Å². The summed E-state index contributed by atoms with van der Waals surface area (Å²) in [4.78, 5) is 12.0. The third-order valence-electron chi connectivity index (χ3n) is 0.963. The normalized spacial score (nSPS) is 11.2. The second kappa shape index (κ2) is 6.24. The highest BCUT2D eigenvalue weighted by Gasteiger charge is 1.88. The van der Waals surface area contributed by atoms with Crippen molar-refractivity contribution in [2.24, 2.45) is 0 Å². The van der Waals surface area contributed by atoms with Crippen molar-refractivity contribution >= 4 is 17.7 Å². The molecule has 0 aromatic rings. The Morgan fingerprint density at radius 3 is 2.73 bits per heavy atom. The molecular weight excluding hydrogens is 162 g/mol. The van der Waals surface area contributed by atoms with Gasteiger partial charge in [0.15, 0.2) is 0 Å². The second-order valence-electron chi connectivity index (χ2n) is 2.32. The molecular formula is C7H13NO2S. The van der Waals surface area contributed by atoms with E-state index in [1.165, 1.54) is 11.8 Å². The Hall–Kier alpha value is -0.480. The Labute approximate surface area is 71.1 Å². The molecule has 0 heterocycles. The van der Waals surface area contributed by atoms with Gasteiger partial charge in [0.1, 0.15) is 0 Å². The average Bonchev–Trinajstić information content (AvgIpc) is 1.85. The monoisotopic (exact) mass is 175 g/mol. The Bertz CT molecular complexity index is 145. The van der Waals surface area contributed by atoms with Gasteiger partial charge in [0.05, 0.1) is 0 Å². The van der Waals surface area contributed by atoms with Crippen LogP contribution < -0.4 is 0 Å². The van der Waals surface area contributed by atoms with Crippen molar-refractivity contribution in [2.75, 3.05) is 26.4 Å². The number of carboxylic acid groups (broad SMARTS) is 1. The topological polar surface area (TPSA) is 40.5 Å². The van der Waals surface area contributed by atoms with Gasteiger partial charge in [-0.1, -0.05) is 0 Å². The summed E-state index contributed by atoms with van der Waals surface area (Å²) in [7, 11) is 3.98. The highest BCUT2D eigenvalue weighted by molar-refractivity contribution is 8.02. The maximum atomic E-state index is 9.99. The second-order valence-corrected chi connectivity index (χ2v) is 3.33. The minimum atomic E-state index is -0.887. The first-order valence-corrected chi connectivity index (χ1v) is 4.33. The van der Waals surface area contributed by atoms with Crippen LogP contribution in [0, 0.1) is 0 Å². The Kier molecular flexibility index (Phi) is 5.97. The molecule has 3 nitrogen and oxygen atoms in total. The van der Waals surface area contributed by atoms with Crippen molar-refractivity contribution < 1.29 is 9.90 Å². The summed E-state index contributed by atoms with van der Waals surface area (Å²) >= 11 is 1.51. The molecule has 0 aliphatic carbocycles. The molecule has 0 aromatic carbocycles. The fraction of sp³-hybridized carbons (Fsp3) is 0.571. The molecule has 0 rings (SSSR count). The number of hydrogen-bond donors (Lipinski definition) is 1. The largest absolute Gasteiger partial charge is 0.478 e. The van der Waals surface area contributed by atoms with Gasteiger partial charge in [-0.2, -0.15) is 0 Å². The van der Waals surface area contributed by atoms with E-state index in [2.05, 4.69) is 4.90 Å². The van der Waals surface area contributed by atoms with Crippen LogP contribution in [-0.2, 0) is 4.79 Å². The fourth-order valence-corrected chi connectivity index (χ4v) is 1.23. The van der Waals surface area contributed by atoms with E-state index < -0.39 is 5.97 Å². The van der Waals surface area contributed by atoms with E-state index in [9.17, 15) is 4.79 Å². The van der Waals surface area contributed by atoms with Gasteiger partial charge in [0.2, 0.25) is 0 Å². The first-order chi connectivity index (χ1) is 5.13. The fourth-order valence-electron chi connectivity index (χ4n) is 0.410. The van der Waals surface area contributed by atoms with Crippen molar-refractivity contribution in [3.05, 3.63) is 11.5 Å². The molecule has 0 saturated carbocycles. The lowest BCUT2D eigenvalue weighted by Crippen LogP contribution is -2.14. The minimum Gasteiger partial charge on any atom is -0.478 e. The smallest absolute Gasteiger partial charge is 0.328 e. The molecule has 0 aliphatic rings. The molecule has 11 heavy (non-hydrogen) atoms. The Morgan fingerprint density at radius 2 is 2.27 bits per heavy atom. The van der Waals surface area contributed by atoms with Gasteiger partial charge in [-0.3, -0.25) is 0 Å². The summed E-state index contributed by atoms with van der Waals surface area (Å²) in [6.07, 6.45) is 1.15. The number of carbonyl (C=O) groups is 1. The molecule has 0 spiro atoms. The molecule has 4 heteroatoms. The summed E-state index contributed by atoms with van der Waals surface area (Å²) in [6.45, 7) is 0.967. The van der Waals surface area contributed by atoms with Crippen molar-refractivity contribution in [2.45, 2.75) is 0 Å². The Balaban J connectivity index is 3.21. The number of thioether (sulfide) groups is 1. The zero-order chi connectivity index (χ0) is 8.69. The third kappa shape index (κ3) is 9.52. The standard InChI is InChI=1S/C7H13NO2S/c1-8(2)4-6-11-5-3-7(9)10/h3,5H,4,6H2,1-2H3,(H,9,10). The lowest BCUT2D eigenvalue weighted by molar-refractivity contribution is -0.131. The van der Waals surface area contributed by atoms with Gasteiger partial charge in [-0.15, -0.1) is 11.8 Å². The summed E-state index contributed by atoms with van der Waals surface area (Å²) < 4.78 is 0. The van der Waals surface area contributed by atoms with Crippen molar-refractivity contribution in [3.63, 3.8) is 0 Å². The van der Waals surface area contributed by atoms with E-state index in [1.807, 2.05) is 14.1 Å². The summed E-state index contributed by atoms with van der Waals surface area (Å²) in [5.41, 5.74) is 0. The van der Waals surface area contributed by atoms with Crippen LogP contribution in [-0.4, -0.2) is 42.4 Å².